The molecule has 1 heterocycles. The summed E-state index contributed by atoms with van der Waals surface area (Å²) in [5.41, 5.74) is 2.70. The third-order valence-corrected chi connectivity index (χ3v) is 4.77. The van der Waals surface area contributed by atoms with E-state index in [2.05, 4.69) is 43.0 Å². The van der Waals surface area contributed by atoms with Crippen molar-refractivity contribution in [1.29, 1.82) is 0 Å². The fourth-order valence-electron chi connectivity index (χ4n) is 3.89. The van der Waals surface area contributed by atoms with Crippen molar-refractivity contribution in [1.82, 2.24) is 4.90 Å². The molecule has 0 unspecified atom stereocenters. The first-order chi connectivity index (χ1) is 11.1. The van der Waals surface area contributed by atoms with Crippen LogP contribution in [0.5, 0.6) is 0 Å². The molecule has 23 heavy (non-hydrogen) atoms. The maximum Gasteiger partial charge on any atom is 0.0900 e. The molecule has 4 atom stereocenters. The number of β-amino-alcohol motifs (C(OH)–C–C–N with tert-alkyl or cyclic N) is 1. The monoisotopic (exact) mass is 319 g/mol. The normalized spacial score (nSPS) is 30.0. The Labute approximate surface area is 139 Å². The van der Waals surface area contributed by atoms with Crippen molar-refractivity contribution < 1.29 is 14.6 Å². The molecule has 3 rings (SSSR count). The van der Waals surface area contributed by atoms with E-state index in [4.69, 9.17) is 9.47 Å². The van der Waals surface area contributed by atoms with Gasteiger partial charge in [-0.2, -0.15) is 0 Å². The number of rotatable bonds is 5. The third kappa shape index (κ3) is 4.54. The van der Waals surface area contributed by atoms with Gasteiger partial charge in [0.05, 0.1) is 31.0 Å². The van der Waals surface area contributed by atoms with Crippen LogP contribution in [0.3, 0.4) is 0 Å². The number of morpholine rings is 1. The van der Waals surface area contributed by atoms with Crippen molar-refractivity contribution in [2.75, 3.05) is 26.2 Å². The summed E-state index contributed by atoms with van der Waals surface area (Å²) in [7, 11) is 0. The average Bonchev–Trinajstić information content (AvgIpc) is 2.52. The molecule has 1 aliphatic carbocycles. The van der Waals surface area contributed by atoms with Gasteiger partial charge in [0, 0.05) is 19.6 Å². The van der Waals surface area contributed by atoms with Crippen molar-refractivity contribution in [3.63, 3.8) is 0 Å². The molecule has 1 saturated heterocycles. The quantitative estimate of drug-likeness (QED) is 0.906. The van der Waals surface area contributed by atoms with Crippen molar-refractivity contribution in [3.05, 3.63) is 35.4 Å². The van der Waals surface area contributed by atoms with Gasteiger partial charge in [-0.15, -0.1) is 0 Å². The topological polar surface area (TPSA) is 41.9 Å². The second-order valence-corrected chi connectivity index (χ2v) is 7.04. The van der Waals surface area contributed by atoms with E-state index in [-0.39, 0.29) is 18.3 Å². The minimum Gasteiger partial charge on any atom is -0.389 e. The fourth-order valence-corrected chi connectivity index (χ4v) is 3.89. The number of aliphatic hydroxyl groups excluding tert-OH is 1. The van der Waals surface area contributed by atoms with Gasteiger partial charge in [-0.25, -0.2) is 0 Å². The van der Waals surface area contributed by atoms with E-state index in [0.717, 1.165) is 32.4 Å². The number of nitrogens with zero attached hydrogens (tertiary/aromatic N) is 1. The summed E-state index contributed by atoms with van der Waals surface area (Å²) in [4.78, 5) is 2.28. The lowest BCUT2D eigenvalue weighted by Gasteiger charge is -2.36. The van der Waals surface area contributed by atoms with Crippen molar-refractivity contribution >= 4 is 0 Å². The van der Waals surface area contributed by atoms with Gasteiger partial charge in [0.25, 0.3) is 0 Å². The van der Waals surface area contributed by atoms with Crippen LogP contribution >= 0.6 is 0 Å². The minimum absolute atomic E-state index is 0.136. The van der Waals surface area contributed by atoms with Gasteiger partial charge in [-0.3, -0.25) is 4.90 Å². The molecule has 4 nitrogen and oxygen atoms in total. The zero-order valence-corrected chi connectivity index (χ0v) is 14.3. The smallest absolute Gasteiger partial charge is 0.0900 e. The SMILES string of the molecule is C[C@@H]1CN(C[C@H](O)CO[C@H]2CCCc3ccccc32)C[C@@H](C)O1. The molecule has 0 aromatic heterocycles. The van der Waals surface area contributed by atoms with E-state index >= 15 is 0 Å². The number of hydrogen-bond donors (Lipinski definition) is 1. The van der Waals surface area contributed by atoms with Gasteiger partial charge in [-0.1, -0.05) is 24.3 Å². The summed E-state index contributed by atoms with van der Waals surface area (Å²) >= 11 is 0. The van der Waals surface area contributed by atoms with Crippen molar-refractivity contribution in [3.8, 4) is 0 Å². The fraction of sp³-hybridized carbons (Fsp3) is 0.684. The number of aryl methyl sites for hydroxylation is 1. The van der Waals surface area contributed by atoms with Gasteiger partial charge in [0.2, 0.25) is 0 Å². The molecule has 4 heteroatoms. The summed E-state index contributed by atoms with van der Waals surface area (Å²) in [6.07, 6.45) is 3.52. The molecule has 0 radical (unpaired) electrons. The van der Waals surface area contributed by atoms with Gasteiger partial charge in [0.1, 0.15) is 0 Å². The Kier molecular flexibility index (Phi) is 5.70. The number of hydrogen-bond acceptors (Lipinski definition) is 4. The highest BCUT2D eigenvalue weighted by atomic mass is 16.5. The summed E-state index contributed by atoms with van der Waals surface area (Å²) in [5.74, 6) is 0. The Morgan fingerprint density at radius 2 is 2.00 bits per heavy atom. The lowest BCUT2D eigenvalue weighted by Crippen LogP contribution is -2.48. The van der Waals surface area contributed by atoms with E-state index in [0.29, 0.717) is 13.2 Å². The highest BCUT2D eigenvalue weighted by Gasteiger charge is 2.25. The number of benzene rings is 1. The van der Waals surface area contributed by atoms with E-state index in [1.165, 1.54) is 11.1 Å². The second kappa shape index (κ2) is 7.75. The first kappa shape index (κ1) is 16.9. The Morgan fingerprint density at radius 3 is 2.78 bits per heavy atom. The Bertz CT molecular complexity index is 497. The lowest BCUT2D eigenvalue weighted by atomic mass is 9.89. The Balaban J connectivity index is 1.49. The molecule has 1 aliphatic heterocycles. The van der Waals surface area contributed by atoms with Crippen LogP contribution in [-0.2, 0) is 15.9 Å². The summed E-state index contributed by atoms with van der Waals surface area (Å²) in [6, 6.07) is 8.53. The maximum atomic E-state index is 10.3. The lowest BCUT2D eigenvalue weighted by molar-refractivity contribution is -0.0867. The molecule has 0 bridgehead atoms. The third-order valence-electron chi connectivity index (χ3n) is 4.77. The Morgan fingerprint density at radius 1 is 1.26 bits per heavy atom. The molecular formula is C19H29NO3. The summed E-state index contributed by atoms with van der Waals surface area (Å²) < 4.78 is 11.8. The number of ether oxygens (including phenoxy) is 2. The van der Waals surface area contributed by atoms with Gasteiger partial charge in [0.15, 0.2) is 0 Å². The molecule has 1 fully saturated rings. The molecule has 0 spiro atoms. The molecular weight excluding hydrogens is 290 g/mol. The zero-order valence-electron chi connectivity index (χ0n) is 14.3. The van der Waals surface area contributed by atoms with Crippen LogP contribution in [0.25, 0.3) is 0 Å². The van der Waals surface area contributed by atoms with E-state index in [1.807, 2.05) is 0 Å². The van der Waals surface area contributed by atoms with Gasteiger partial charge in [-0.05, 0) is 44.2 Å². The molecule has 2 aliphatic rings. The van der Waals surface area contributed by atoms with Crippen LogP contribution in [0.15, 0.2) is 24.3 Å². The van der Waals surface area contributed by atoms with Gasteiger partial charge >= 0.3 is 0 Å². The predicted molar refractivity (Wildman–Crippen MR) is 90.5 cm³/mol. The van der Waals surface area contributed by atoms with Crippen LogP contribution in [0.2, 0.25) is 0 Å². The van der Waals surface area contributed by atoms with Crippen LogP contribution in [-0.4, -0.2) is 54.6 Å². The molecule has 1 aromatic rings. The van der Waals surface area contributed by atoms with Gasteiger partial charge < -0.3 is 14.6 Å². The zero-order chi connectivity index (χ0) is 16.2. The largest absolute Gasteiger partial charge is 0.389 e. The molecule has 0 saturated carbocycles. The average molecular weight is 319 g/mol. The molecule has 0 amide bonds. The maximum absolute atomic E-state index is 10.3. The highest BCUT2D eigenvalue weighted by molar-refractivity contribution is 5.31. The van der Waals surface area contributed by atoms with Crippen molar-refractivity contribution in [2.24, 2.45) is 0 Å². The van der Waals surface area contributed by atoms with Crippen LogP contribution in [0.1, 0.15) is 43.9 Å². The first-order valence-corrected chi connectivity index (χ1v) is 8.87. The predicted octanol–water partition coefficient (Wildman–Crippen LogP) is 2.55. The van der Waals surface area contributed by atoms with Crippen LogP contribution in [0, 0.1) is 0 Å². The van der Waals surface area contributed by atoms with Crippen molar-refractivity contribution in [2.45, 2.75) is 57.5 Å². The molecule has 1 N–H and O–H groups in total. The minimum atomic E-state index is -0.443. The van der Waals surface area contributed by atoms with E-state index in [9.17, 15) is 5.11 Å². The first-order valence-electron chi connectivity index (χ1n) is 8.87. The number of aliphatic hydroxyl groups is 1. The standard InChI is InChI=1S/C19H29NO3/c1-14-10-20(11-15(2)23-14)12-17(21)13-22-19-9-5-7-16-6-3-4-8-18(16)19/h3-4,6,8,14-15,17,19,21H,5,7,9-13H2,1-2H3/t14-,15-,17+,19+/m1/s1. The molecule has 128 valence electrons. The van der Waals surface area contributed by atoms with E-state index < -0.39 is 6.10 Å². The van der Waals surface area contributed by atoms with Crippen LogP contribution < -0.4 is 0 Å². The summed E-state index contributed by atoms with van der Waals surface area (Å²) in [5, 5.41) is 10.3. The van der Waals surface area contributed by atoms with E-state index in [1.54, 1.807) is 0 Å². The number of fused-ring (bicyclic) bond motifs is 1. The Hall–Kier alpha value is -0.940. The molecule has 1 aromatic carbocycles. The highest BCUT2D eigenvalue weighted by Crippen LogP contribution is 2.32. The summed E-state index contributed by atoms with van der Waals surface area (Å²) in [6.45, 7) is 7.00. The second-order valence-electron chi connectivity index (χ2n) is 7.04. The van der Waals surface area contributed by atoms with Crippen LogP contribution in [0.4, 0.5) is 0 Å².